The Hall–Kier alpha value is -1.18. The normalized spacial score (nSPS) is 16.6. The van der Waals surface area contributed by atoms with Gasteiger partial charge in [-0.3, -0.25) is 10.1 Å². The van der Waals surface area contributed by atoms with Crippen LogP contribution in [0.25, 0.3) is 0 Å². The van der Waals surface area contributed by atoms with Crippen molar-refractivity contribution in [2.75, 3.05) is 7.05 Å². The summed E-state index contributed by atoms with van der Waals surface area (Å²) in [4.78, 5) is 10.2. The minimum Gasteiger partial charge on any atom is -0.258 e. The molecule has 0 bridgehead atoms. The van der Waals surface area contributed by atoms with E-state index in [-0.39, 0.29) is 21.6 Å². The van der Waals surface area contributed by atoms with Crippen molar-refractivity contribution in [1.82, 2.24) is 4.31 Å². The fraction of sp³-hybridized carbons (Fsp3) is 0.538. The lowest BCUT2D eigenvalue weighted by molar-refractivity contribution is -0.384. The second kappa shape index (κ2) is 5.90. The summed E-state index contributed by atoms with van der Waals surface area (Å²) in [5.74, 6) is 0. The fourth-order valence-electron chi connectivity index (χ4n) is 2.68. The zero-order valence-electron chi connectivity index (χ0n) is 11.9. The van der Waals surface area contributed by atoms with Gasteiger partial charge in [-0.05, 0) is 31.4 Å². The zero-order chi connectivity index (χ0) is 15.8. The van der Waals surface area contributed by atoms with Gasteiger partial charge in [-0.15, -0.1) is 0 Å². The first-order valence-corrected chi connectivity index (χ1v) is 8.49. The molecule has 0 heterocycles. The van der Waals surface area contributed by atoms with Crippen LogP contribution in [-0.2, 0) is 10.0 Å². The highest BCUT2D eigenvalue weighted by Gasteiger charge is 2.32. The van der Waals surface area contributed by atoms with Gasteiger partial charge < -0.3 is 0 Å². The third-order valence-corrected chi connectivity index (χ3v) is 6.29. The monoisotopic (exact) mass is 332 g/mol. The highest BCUT2D eigenvalue weighted by molar-refractivity contribution is 7.89. The lowest BCUT2D eigenvalue weighted by atomic mass is 10.2. The van der Waals surface area contributed by atoms with E-state index in [2.05, 4.69) is 0 Å². The van der Waals surface area contributed by atoms with Crippen molar-refractivity contribution in [3.63, 3.8) is 0 Å². The number of halogens is 1. The predicted octanol–water partition coefficient (Wildman–Crippen LogP) is 3.12. The molecule has 0 spiro atoms. The van der Waals surface area contributed by atoms with E-state index in [0.717, 1.165) is 31.7 Å². The van der Waals surface area contributed by atoms with Gasteiger partial charge in [-0.2, -0.15) is 4.31 Å². The molecular formula is C13H17ClN2O4S. The highest BCUT2D eigenvalue weighted by atomic mass is 35.5. The van der Waals surface area contributed by atoms with Gasteiger partial charge in [0.25, 0.3) is 5.69 Å². The molecule has 1 aromatic rings. The molecule has 6 nitrogen and oxygen atoms in total. The van der Waals surface area contributed by atoms with Crippen molar-refractivity contribution in [3.05, 3.63) is 32.8 Å². The van der Waals surface area contributed by atoms with Crippen molar-refractivity contribution < 1.29 is 13.3 Å². The Bertz CT molecular complexity index is 669. The number of rotatable bonds is 4. The molecule has 0 atom stereocenters. The van der Waals surface area contributed by atoms with Crippen LogP contribution in [0.4, 0.5) is 5.69 Å². The maximum atomic E-state index is 12.7. The van der Waals surface area contributed by atoms with Crippen LogP contribution in [0, 0.1) is 17.0 Å². The van der Waals surface area contributed by atoms with E-state index in [1.807, 2.05) is 0 Å². The summed E-state index contributed by atoms with van der Waals surface area (Å²) in [6, 6.07) is 2.34. The Morgan fingerprint density at radius 3 is 2.43 bits per heavy atom. The van der Waals surface area contributed by atoms with E-state index in [4.69, 9.17) is 11.6 Å². The quantitative estimate of drug-likeness (QED) is 0.626. The van der Waals surface area contributed by atoms with E-state index in [1.165, 1.54) is 17.4 Å². The van der Waals surface area contributed by atoms with Crippen LogP contribution in [0.15, 0.2) is 17.0 Å². The average Bonchev–Trinajstić information content (AvgIpc) is 2.90. The number of sulfonamides is 1. The minimum atomic E-state index is -3.76. The summed E-state index contributed by atoms with van der Waals surface area (Å²) in [6.07, 6.45) is 3.66. The molecule has 1 saturated carbocycles. The number of benzene rings is 1. The number of nitro benzene ring substituents is 1. The summed E-state index contributed by atoms with van der Waals surface area (Å²) < 4.78 is 26.7. The van der Waals surface area contributed by atoms with Gasteiger partial charge in [0.05, 0.1) is 9.82 Å². The lowest BCUT2D eigenvalue weighted by Gasteiger charge is -2.24. The predicted molar refractivity (Wildman–Crippen MR) is 80.0 cm³/mol. The Morgan fingerprint density at radius 2 is 1.90 bits per heavy atom. The lowest BCUT2D eigenvalue weighted by Crippen LogP contribution is -2.35. The smallest absolute Gasteiger partial charge is 0.258 e. The summed E-state index contributed by atoms with van der Waals surface area (Å²) in [7, 11) is -2.22. The molecule has 0 saturated heterocycles. The fourth-order valence-corrected chi connectivity index (χ4v) is 4.61. The van der Waals surface area contributed by atoms with Gasteiger partial charge in [0.15, 0.2) is 0 Å². The van der Waals surface area contributed by atoms with E-state index < -0.39 is 14.9 Å². The topological polar surface area (TPSA) is 80.5 Å². The van der Waals surface area contributed by atoms with E-state index in [1.54, 1.807) is 6.92 Å². The van der Waals surface area contributed by atoms with Gasteiger partial charge in [0.1, 0.15) is 5.02 Å². The summed E-state index contributed by atoms with van der Waals surface area (Å²) in [5, 5.41) is 10.9. The van der Waals surface area contributed by atoms with E-state index in [0.29, 0.717) is 5.56 Å². The van der Waals surface area contributed by atoms with E-state index >= 15 is 0 Å². The number of nitro groups is 1. The molecule has 0 amide bonds. The van der Waals surface area contributed by atoms with Gasteiger partial charge >= 0.3 is 0 Å². The third-order valence-electron chi connectivity index (χ3n) is 3.94. The Balaban J connectivity index is 2.48. The minimum absolute atomic E-state index is 0.0378. The maximum Gasteiger partial charge on any atom is 0.289 e. The van der Waals surface area contributed by atoms with Crippen LogP contribution in [0.3, 0.4) is 0 Å². The van der Waals surface area contributed by atoms with Crippen molar-refractivity contribution in [2.45, 2.75) is 43.5 Å². The molecule has 0 aromatic heterocycles. The average molecular weight is 333 g/mol. The van der Waals surface area contributed by atoms with Crippen LogP contribution in [0.1, 0.15) is 31.2 Å². The molecule has 0 radical (unpaired) electrons. The summed E-state index contributed by atoms with van der Waals surface area (Å²) in [6.45, 7) is 1.59. The summed E-state index contributed by atoms with van der Waals surface area (Å²) >= 11 is 5.80. The standard InChI is InChI=1S/C13H17ClN2O4S/c1-9-7-11(14)12(16(17)18)8-13(9)21(19,20)15(2)10-5-3-4-6-10/h7-8,10H,3-6H2,1-2H3. The molecule has 0 unspecified atom stereocenters. The molecule has 2 rings (SSSR count). The number of hydrogen-bond acceptors (Lipinski definition) is 4. The molecule has 0 N–H and O–H groups in total. The first kappa shape index (κ1) is 16.2. The Morgan fingerprint density at radius 1 is 1.33 bits per heavy atom. The number of hydrogen-bond donors (Lipinski definition) is 0. The molecule has 8 heteroatoms. The van der Waals surface area contributed by atoms with Crippen molar-refractivity contribution in [3.8, 4) is 0 Å². The summed E-state index contributed by atoms with van der Waals surface area (Å²) in [5.41, 5.74) is 0.0242. The molecule has 1 aliphatic carbocycles. The van der Waals surface area contributed by atoms with Gasteiger partial charge in [-0.25, -0.2) is 8.42 Å². The molecule has 21 heavy (non-hydrogen) atoms. The van der Waals surface area contributed by atoms with Gasteiger partial charge in [0.2, 0.25) is 10.0 Å². The largest absolute Gasteiger partial charge is 0.289 e. The SMILES string of the molecule is Cc1cc(Cl)c([N+](=O)[O-])cc1S(=O)(=O)N(C)C1CCCC1. The van der Waals surface area contributed by atoms with Crippen LogP contribution < -0.4 is 0 Å². The van der Waals surface area contributed by atoms with Crippen molar-refractivity contribution in [1.29, 1.82) is 0 Å². The second-order valence-corrected chi connectivity index (χ2v) is 7.66. The Labute approximate surface area is 128 Å². The first-order valence-electron chi connectivity index (χ1n) is 6.67. The van der Waals surface area contributed by atoms with Gasteiger partial charge in [0, 0.05) is 19.2 Å². The number of nitrogens with zero attached hydrogens (tertiary/aromatic N) is 2. The molecule has 1 aliphatic rings. The molecule has 0 aliphatic heterocycles. The third kappa shape index (κ3) is 3.04. The molecule has 1 fully saturated rings. The zero-order valence-corrected chi connectivity index (χ0v) is 13.4. The Kier molecular flexibility index (Phi) is 4.55. The molecular weight excluding hydrogens is 316 g/mol. The van der Waals surface area contributed by atoms with Crippen molar-refractivity contribution >= 4 is 27.3 Å². The molecule has 116 valence electrons. The van der Waals surface area contributed by atoms with E-state index in [9.17, 15) is 18.5 Å². The van der Waals surface area contributed by atoms with Crippen LogP contribution in [0.2, 0.25) is 5.02 Å². The maximum absolute atomic E-state index is 12.7. The second-order valence-electron chi connectivity index (χ2n) is 5.29. The van der Waals surface area contributed by atoms with Crippen LogP contribution >= 0.6 is 11.6 Å². The highest BCUT2D eigenvalue weighted by Crippen LogP contribution is 2.33. The number of aryl methyl sites for hydroxylation is 1. The molecule has 1 aromatic carbocycles. The first-order chi connectivity index (χ1) is 9.75. The van der Waals surface area contributed by atoms with Crippen LogP contribution in [-0.4, -0.2) is 30.7 Å². The van der Waals surface area contributed by atoms with Crippen molar-refractivity contribution in [2.24, 2.45) is 0 Å². The van der Waals surface area contributed by atoms with Crippen LogP contribution in [0.5, 0.6) is 0 Å². The van der Waals surface area contributed by atoms with Gasteiger partial charge in [-0.1, -0.05) is 24.4 Å².